The van der Waals surface area contributed by atoms with Crippen LogP contribution in [0.5, 0.6) is 0 Å². The largest absolute Gasteiger partial charge is 0.456 e. The van der Waals surface area contributed by atoms with Crippen LogP contribution in [-0.2, 0) is 14.3 Å². The van der Waals surface area contributed by atoms with Gasteiger partial charge in [-0.25, -0.2) is 0 Å². The number of hydrogen-bond acceptors (Lipinski definition) is 4. The highest BCUT2D eigenvalue weighted by atomic mass is 35.5. The molecule has 0 bridgehead atoms. The molecule has 0 atom stereocenters. The van der Waals surface area contributed by atoms with E-state index in [1.54, 1.807) is 0 Å². The van der Waals surface area contributed by atoms with Crippen LogP contribution in [0.25, 0.3) is 0 Å². The van der Waals surface area contributed by atoms with Gasteiger partial charge in [-0.2, -0.15) is 0 Å². The van der Waals surface area contributed by atoms with Crippen molar-refractivity contribution in [2.75, 3.05) is 11.9 Å². The highest BCUT2D eigenvalue weighted by Crippen LogP contribution is 2.34. The van der Waals surface area contributed by atoms with Crippen molar-refractivity contribution in [3.63, 3.8) is 0 Å². The lowest BCUT2D eigenvalue weighted by molar-refractivity contribution is -0.147. The molecule has 4 aromatic rings. The van der Waals surface area contributed by atoms with Crippen LogP contribution in [0.3, 0.4) is 0 Å². The predicted octanol–water partition coefficient (Wildman–Crippen LogP) is 7.20. The van der Waals surface area contributed by atoms with Crippen LogP contribution < -0.4 is 5.32 Å². The van der Waals surface area contributed by atoms with Crippen molar-refractivity contribution in [1.82, 2.24) is 0 Å². The van der Waals surface area contributed by atoms with E-state index in [1.807, 2.05) is 109 Å². The van der Waals surface area contributed by atoms with Crippen molar-refractivity contribution in [2.24, 2.45) is 0 Å². The lowest BCUT2D eigenvalue weighted by atomic mass is 9.89. The molecule has 4 aromatic carbocycles. The van der Waals surface area contributed by atoms with Gasteiger partial charge in [0.1, 0.15) is 0 Å². The second-order valence-corrected chi connectivity index (χ2v) is 9.39. The molecule has 35 heavy (non-hydrogen) atoms. The standard InChI is InChI=1S/C29H24ClNO3S/c30-23-15-17-24(18-16-23)35-27-14-8-7-13-26(27)31-28(32)20-34-29(33)19-25(21-9-3-1-4-10-21)22-11-5-2-6-12-22/h1-18,25H,19-20H2,(H,31,32). The summed E-state index contributed by atoms with van der Waals surface area (Å²) in [6.45, 7) is -0.352. The Bertz CT molecular complexity index is 1220. The summed E-state index contributed by atoms with van der Waals surface area (Å²) in [5.41, 5.74) is 2.70. The normalized spacial score (nSPS) is 10.7. The molecule has 0 radical (unpaired) electrons. The van der Waals surface area contributed by atoms with Gasteiger partial charge in [0.05, 0.1) is 12.1 Å². The minimum Gasteiger partial charge on any atom is -0.456 e. The lowest BCUT2D eigenvalue weighted by Gasteiger charge is -2.17. The molecule has 0 spiro atoms. The molecular weight excluding hydrogens is 478 g/mol. The summed E-state index contributed by atoms with van der Waals surface area (Å²) in [5.74, 6) is -0.968. The predicted molar refractivity (Wildman–Crippen MR) is 141 cm³/mol. The molecule has 0 aliphatic carbocycles. The molecule has 1 amide bonds. The molecule has 0 unspecified atom stereocenters. The fourth-order valence-corrected chi connectivity index (χ4v) is 4.67. The Balaban J connectivity index is 1.36. The van der Waals surface area contributed by atoms with Gasteiger partial charge in [-0.15, -0.1) is 0 Å². The van der Waals surface area contributed by atoms with Crippen LogP contribution in [-0.4, -0.2) is 18.5 Å². The number of ether oxygens (including phenoxy) is 1. The average molecular weight is 502 g/mol. The van der Waals surface area contributed by atoms with Crippen molar-refractivity contribution in [3.05, 3.63) is 125 Å². The van der Waals surface area contributed by atoms with E-state index < -0.39 is 11.9 Å². The van der Waals surface area contributed by atoms with Crippen molar-refractivity contribution in [2.45, 2.75) is 22.1 Å². The number of para-hydroxylation sites is 1. The van der Waals surface area contributed by atoms with Crippen molar-refractivity contribution in [3.8, 4) is 0 Å². The van der Waals surface area contributed by atoms with Gasteiger partial charge in [0.15, 0.2) is 6.61 Å². The van der Waals surface area contributed by atoms with Crippen LogP contribution in [0.2, 0.25) is 5.02 Å². The Morgan fingerprint density at radius 2 is 1.34 bits per heavy atom. The first-order valence-electron chi connectivity index (χ1n) is 11.2. The molecule has 0 saturated carbocycles. The second kappa shape index (κ2) is 12.2. The van der Waals surface area contributed by atoms with Gasteiger partial charge in [0, 0.05) is 20.7 Å². The number of carbonyl (C=O) groups excluding carboxylic acids is 2. The van der Waals surface area contributed by atoms with Gasteiger partial charge in [-0.3, -0.25) is 9.59 Å². The zero-order valence-corrected chi connectivity index (χ0v) is 20.5. The number of esters is 1. The van der Waals surface area contributed by atoms with Crippen LogP contribution in [0, 0.1) is 0 Å². The molecule has 4 nitrogen and oxygen atoms in total. The Labute approximate surface area is 214 Å². The third-order valence-corrected chi connectivity index (χ3v) is 6.68. The number of carbonyl (C=O) groups is 2. The molecule has 0 aliphatic heterocycles. The van der Waals surface area contributed by atoms with Crippen LogP contribution in [0.15, 0.2) is 119 Å². The van der Waals surface area contributed by atoms with E-state index in [0.29, 0.717) is 10.7 Å². The molecule has 0 aromatic heterocycles. The molecule has 176 valence electrons. The summed E-state index contributed by atoms with van der Waals surface area (Å²) in [6.07, 6.45) is 0.143. The maximum atomic E-state index is 12.7. The smallest absolute Gasteiger partial charge is 0.307 e. The van der Waals surface area contributed by atoms with Crippen molar-refractivity contribution >= 4 is 40.9 Å². The zero-order chi connectivity index (χ0) is 24.5. The minimum atomic E-state index is -0.429. The Kier molecular flexibility index (Phi) is 8.60. The van der Waals surface area contributed by atoms with Gasteiger partial charge in [0.25, 0.3) is 5.91 Å². The first kappa shape index (κ1) is 24.6. The number of anilines is 1. The molecule has 6 heteroatoms. The number of halogens is 1. The topological polar surface area (TPSA) is 55.4 Å². The second-order valence-electron chi connectivity index (χ2n) is 7.84. The summed E-state index contributed by atoms with van der Waals surface area (Å²) in [5, 5.41) is 3.52. The summed E-state index contributed by atoms with van der Waals surface area (Å²) < 4.78 is 5.35. The molecule has 0 fully saturated rings. The highest BCUT2D eigenvalue weighted by molar-refractivity contribution is 7.99. The number of nitrogens with one attached hydrogen (secondary N) is 1. The fraction of sp³-hybridized carbons (Fsp3) is 0.103. The first-order valence-corrected chi connectivity index (χ1v) is 12.4. The fourth-order valence-electron chi connectivity index (χ4n) is 3.65. The summed E-state index contributed by atoms with van der Waals surface area (Å²) in [4.78, 5) is 27.1. The van der Waals surface area contributed by atoms with E-state index in [1.165, 1.54) is 11.8 Å². The van der Waals surface area contributed by atoms with Gasteiger partial charge in [0.2, 0.25) is 0 Å². The summed E-state index contributed by atoms with van der Waals surface area (Å²) in [6, 6.07) is 34.6. The van der Waals surface area contributed by atoms with E-state index in [4.69, 9.17) is 16.3 Å². The van der Waals surface area contributed by atoms with Crippen LogP contribution in [0.4, 0.5) is 5.69 Å². The summed E-state index contributed by atoms with van der Waals surface area (Å²) in [7, 11) is 0. The minimum absolute atomic E-state index is 0.143. The monoisotopic (exact) mass is 501 g/mol. The molecule has 0 aliphatic rings. The Morgan fingerprint density at radius 1 is 0.771 bits per heavy atom. The third kappa shape index (κ3) is 7.22. The van der Waals surface area contributed by atoms with E-state index >= 15 is 0 Å². The van der Waals surface area contributed by atoms with Crippen LogP contribution in [0.1, 0.15) is 23.5 Å². The average Bonchev–Trinajstić information content (AvgIpc) is 2.89. The molecule has 4 rings (SSSR count). The Morgan fingerprint density at radius 3 is 1.97 bits per heavy atom. The van der Waals surface area contributed by atoms with Crippen molar-refractivity contribution < 1.29 is 14.3 Å². The SMILES string of the molecule is O=C(COC(=O)CC(c1ccccc1)c1ccccc1)Nc1ccccc1Sc1ccc(Cl)cc1. The number of hydrogen-bond donors (Lipinski definition) is 1. The van der Waals surface area contributed by atoms with E-state index in [2.05, 4.69) is 5.32 Å². The summed E-state index contributed by atoms with van der Waals surface area (Å²) >= 11 is 7.48. The van der Waals surface area contributed by atoms with Gasteiger partial charge < -0.3 is 10.1 Å². The number of benzene rings is 4. The number of rotatable bonds is 9. The third-order valence-electron chi connectivity index (χ3n) is 5.34. The first-order chi connectivity index (χ1) is 17.1. The zero-order valence-electron chi connectivity index (χ0n) is 18.9. The quantitative estimate of drug-likeness (QED) is 0.246. The van der Waals surface area contributed by atoms with Gasteiger partial charge in [-0.05, 0) is 47.5 Å². The van der Waals surface area contributed by atoms with Gasteiger partial charge >= 0.3 is 5.97 Å². The van der Waals surface area contributed by atoms with E-state index in [-0.39, 0.29) is 18.9 Å². The van der Waals surface area contributed by atoms with E-state index in [0.717, 1.165) is 20.9 Å². The molecule has 0 saturated heterocycles. The van der Waals surface area contributed by atoms with Crippen LogP contribution >= 0.6 is 23.4 Å². The van der Waals surface area contributed by atoms with E-state index in [9.17, 15) is 9.59 Å². The lowest BCUT2D eigenvalue weighted by Crippen LogP contribution is -2.22. The highest BCUT2D eigenvalue weighted by Gasteiger charge is 2.20. The maximum absolute atomic E-state index is 12.7. The maximum Gasteiger partial charge on any atom is 0.307 e. The molecule has 1 N–H and O–H groups in total. The van der Waals surface area contributed by atoms with Gasteiger partial charge in [-0.1, -0.05) is 96.2 Å². The molecule has 0 heterocycles. The molecular formula is C29H24ClNO3S. The number of amides is 1. The Hall–Kier alpha value is -3.54. The van der Waals surface area contributed by atoms with Crippen molar-refractivity contribution in [1.29, 1.82) is 0 Å².